The molecule has 0 aliphatic heterocycles. The van der Waals surface area contributed by atoms with E-state index >= 15 is 0 Å². The Bertz CT molecular complexity index is 680. The van der Waals surface area contributed by atoms with Gasteiger partial charge >= 0.3 is 5.97 Å². The standard InChI is InChI=1S/C15H21NO7S/c1-15(20,14(18)19)10-16-13(17)4-3-9-23-11-5-7-12(8-6-11)24(2,21)22/h5-8,20H,3-4,9-10H2,1-2H3,(H,16,17)(H,18,19). The molecule has 0 bridgehead atoms. The van der Waals surface area contributed by atoms with Crippen molar-refractivity contribution in [1.82, 2.24) is 5.32 Å². The van der Waals surface area contributed by atoms with Gasteiger partial charge in [-0.25, -0.2) is 13.2 Å². The van der Waals surface area contributed by atoms with E-state index in [4.69, 9.17) is 9.84 Å². The molecule has 0 radical (unpaired) electrons. The van der Waals surface area contributed by atoms with Crippen LogP contribution in [0.2, 0.25) is 0 Å². The molecule has 0 aromatic heterocycles. The van der Waals surface area contributed by atoms with Crippen molar-refractivity contribution in [2.45, 2.75) is 30.3 Å². The van der Waals surface area contributed by atoms with E-state index in [1.54, 1.807) is 0 Å². The monoisotopic (exact) mass is 359 g/mol. The summed E-state index contributed by atoms with van der Waals surface area (Å²) in [5, 5.41) is 20.5. The number of carboxylic acids is 1. The van der Waals surface area contributed by atoms with Gasteiger partial charge in [-0.15, -0.1) is 0 Å². The first-order valence-corrected chi connectivity index (χ1v) is 9.07. The minimum atomic E-state index is -3.25. The van der Waals surface area contributed by atoms with Crippen molar-refractivity contribution in [3.8, 4) is 5.75 Å². The van der Waals surface area contributed by atoms with Crippen LogP contribution in [0.5, 0.6) is 5.75 Å². The third kappa shape index (κ3) is 6.55. The summed E-state index contributed by atoms with van der Waals surface area (Å²) >= 11 is 0. The number of aliphatic carboxylic acids is 1. The molecular formula is C15H21NO7S. The summed E-state index contributed by atoms with van der Waals surface area (Å²) < 4.78 is 28.0. The predicted octanol–water partition coefficient (Wildman–Crippen LogP) is 0.201. The van der Waals surface area contributed by atoms with Crippen molar-refractivity contribution in [1.29, 1.82) is 0 Å². The van der Waals surface area contributed by atoms with Crippen molar-refractivity contribution < 1.29 is 33.0 Å². The molecule has 1 atom stereocenters. The quantitative estimate of drug-likeness (QED) is 0.537. The first kappa shape index (κ1) is 19.9. The number of rotatable bonds is 9. The molecule has 1 rings (SSSR count). The van der Waals surface area contributed by atoms with E-state index in [1.165, 1.54) is 24.3 Å². The molecule has 24 heavy (non-hydrogen) atoms. The van der Waals surface area contributed by atoms with Crippen LogP contribution in [0, 0.1) is 0 Å². The summed E-state index contributed by atoms with van der Waals surface area (Å²) in [6, 6.07) is 5.93. The number of carbonyl (C=O) groups is 2. The van der Waals surface area contributed by atoms with Gasteiger partial charge in [0.15, 0.2) is 15.4 Å². The Hall–Kier alpha value is -2.13. The molecule has 0 aliphatic rings. The van der Waals surface area contributed by atoms with E-state index in [2.05, 4.69) is 5.32 Å². The van der Waals surface area contributed by atoms with E-state index in [1.807, 2.05) is 0 Å². The Morgan fingerprint density at radius 1 is 1.25 bits per heavy atom. The second-order valence-corrected chi connectivity index (χ2v) is 7.57. The maximum atomic E-state index is 11.5. The van der Waals surface area contributed by atoms with Crippen LogP contribution < -0.4 is 10.1 Å². The summed E-state index contributed by atoms with van der Waals surface area (Å²) in [5.74, 6) is -1.33. The third-order valence-electron chi connectivity index (χ3n) is 3.16. The smallest absolute Gasteiger partial charge is 0.337 e. The van der Waals surface area contributed by atoms with Crippen LogP contribution >= 0.6 is 0 Å². The highest BCUT2D eigenvalue weighted by molar-refractivity contribution is 7.90. The molecule has 1 aromatic carbocycles. The summed E-state index contributed by atoms with van der Waals surface area (Å²) in [7, 11) is -3.25. The maximum Gasteiger partial charge on any atom is 0.337 e. The zero-order valence-electron chi connectivity index (χ0n) is 13.5. The van der Waals surface area contributed by atoms with E-state index in [0.717, 1.165) is 13.2 Å². The first-order chi connectivity index (χ1) is 11.0. The van der Waals surface area contributed by atoms with Crippen molar-refractivity contribution in [3.05, 3.63) is 24.3 Å². The molecule has 0 saturated carbocycles. The minimum Gasteiger partial charge on any atom is -0.494 e. The van der Waals surface area contributed by atoms with Gasteiger partial charge in [0.1, 0.15) is 5.75 Å². The molecular weight excluding hydrogens is 338 g/mol. The van der Waals surface area contributed by atoms with Gasteiger partial charge in [-0.3, -0.25) is 4.79 Å². The Labute approximate surface area is 140 Å². The van der Waals surface area contributed by atoms with Gasteiger partial charge in [-0.05, 0) is 37.6 Å². The zero-order valence-corrected chi connectivity index (χ0v) is 14.3. The van der Waals surface area contributed by atoms with E-state index in [9.17, 15) is 23.1 Å². The Morgan fingerprint density at radius 3 is 2.33 bits per heavy atom. The Morgan fingerprint density at radius 2 is 1.83 bits per heavy atom. The molecule has 1 amide bonds. The second-order valence-electron chi connectivity index (χ2n) is 5.55. The van der Waals surface area contributed by atoms with Crippen molar-refractivity contribution in [2.24, 2.45) is 0 Å². The lowest BCUT2D eigenvalue weighted by Crippen LogP contribution is -2.46. The van der Waals surface area contributed by atoms with E-state index in [0.29, 0.717) is 12.2 Å². The molecule has 1 unspecified atom stereocenters. The average Bonchev–Trinajstić information content (AvgIpc) is 2.49. The highest BCUT2D eigenvalue weighted by atomic mass is 32.2. The average molecular weight is 359 g/mol. The molecule has 0 aliphatic carbocycles. The molecule has 8 nitrogen and oxygen atoms in total. The number of hydrogen-bond donors (Lipinski definition) is 3. The molecule has 0 saturated heterocycles. The number of carboxylic acid groups (broad SMARTS) is 1. The van der Waals surface area contributed by atoms with Crippen molar-refractivity contribution >= 4 is 21.7 Å². The van der Waals surface area contributed by atoms with Crippen LogP contribution in [0.15, 0.2) is 29.2 Å². The van der Waals surface area contributed by atoms with E-state index in [-0.39, 0.29) is 24.5 Å². The van der Waals surface area contributed by atoms with Gasteiger partial charge < -0.3 is 20.3 Å². The summed E-state index contributed by atoms with van der Waals surface area (Å²) in [5.41, 5.74) is -2.01. The highest BCUT2D eigenvalue weighted by Gasteiger charge is 2.30. The number of benzene rings is 1. The fraction of sp³-hybridized carbons (Fsp3) is 0.467. The summed E-state index contributed by atoms with van der Waals surface area (Å²) in [6.45, 7) is 0.953. The predicted molar refractivity (Wildman–Crippen MR) is 85.6 cm³/mol. The van der Waals surface area contributed by atoms with Crippen LogP contribution in [0.25, 0.3) is 0 Å². The van der Waals surface area contributed by atoms with Crippen LogP contribution in [-0.4, -0.2) is 55.5 Å². The SMILES string of the molecule is CC(O)(CNC(=O)CCCOc1ccc(S(C)(=O)=O)cc1)C(=O)O. The van der Waals surface area contributed by atoms with Gasteiger partial charge in [0.2, 0.25) is 5.91 Å². The number of sulfone groups is 1. The number of carbonyl (C=O) groups excluding carboxylic acids is 1. The van der Waals surface area contributed by atoms with Gasteiger partial charge in [-0.1, -0.05) is 0 Å². The van der Waals surface area contributed by atoms with Crippen molar-refractivity contribution in [2.75, 3.05) is 19.4 Å². The van der Waals surface area contributed by atoms with Gasteiger partial charge in [-0.2, -0.15) is 0 Å². The normalized spacial score (nSPS) is 13.8. The van der Waals surface area contributed by atoms with Crippen LogP contribution in [0.3, 0.4) is 0 Å². The molecule has 9 heteroatoms. The van der Waals surface area contributed by atoms with Crippen LogP contribution in [0.4, 0.5) is 0 Å². The van der Waals surface area contributed by atoms with Gasteiger partial charge in [0.25, 0.3) is 0 Å². The fourth-order valence-electron chi connectivity index (χ4n) is 1.64. The number of ether oxygens (including phenoxy) is 1. The van der Waals surface area contributed by atoms with Gasteiger partial charge in [0, 0.05) is 12.7 Å². The lowest BCUT2D eigenvalue weighted by atomic mass is 10.1. The summed E-state index contributed by atoms with van der Waals surface area (Å²) in [6.07, 6.45) is 1.61. The number of hydrogen-bond acceptors (Lipinski definition) is 6. The first-order valence-electron chi connectivity index (χ1n) is 7.18. The molecule has 1 aromatic rings. The van der Waals surface area contributed by atoms with Gasteiger partial charge in [0.05, 0.1) is 18.0 Å². The van der Waals surface area contributed by atoms with Crippen LogP contribution in [0.1, 0.15) is 19.8 Å². The minimum absolute atomic E-state index is 0.108. The second kappa shape index (κ2) is 8.11. The van der Waals surface area contributed by atoms with Crippen LogP contribution in [-0.2, 0) is 19.4 Å². The largest absolute Gasteiger partial charge is 0.494 e. The molecule has 3 N–H and O–H groups in total. The molecule has 0 spiro atoms. The fourth-order valence-corrected chi connectivity index (χ4v) is 2.27. The van der Waals surface area contributed by atoms with Crippen molar-refractivity contribution in [3.63, 3.8) is 0 Å². The molecule has 0 heterocycles. The maximum absolute atomic E-state index is 11.5. The Balaban J connectivity index is 2.31. The zero-order chi connectivity index (χ0) is 18.4. The number of aliphatic hydroxyl groups is 1. The Kier molecular flexibility index (Phi) is 6.73. The lowest BCUT2D eigenvalue weighted by Gasteiger charge is -2.18. The molecule has 0 fully saturated rings. The third-order valence-corrected chi connectivity index (χ3v) is 4.29. The summed E-state index contributed by atoms with van der Waals surface area (Å²) in [4.78, 5) is 22.4. The highest BCUT2D eigenvalue weighted by Crippen LogP contribution is 2.16. The number of nitrogens with one attached hydrogen (secondary N) is 1. The molecule has 134 valence electrons. The number of amides is 1. The topological polar surface area (TPSA) is 130 Å². The van der Waals surface area contributed by atoms with E-state index < -0.39 is 27.3 Å². The lowest BCUT2D eigenvalue weighted by molar-refractivity contribution is -0.156.